The number of ether oxygens (including phenoxy) is 1. The second-order valence-corrected chi connectivity index (χ2v) is 7.89. The van der Waals surface area contributed by atoms with E-state index < -0.39 is 40.4 Å². The molecule has 1 aromatic carbocycles. The van der Waals surface area contributed by atoms with E-state index >= 15 is 0 Å². The lowest BCUT2D eigenvalue weighted by Crippen LogP contribution is -2.54. The van der Waals surface area contributed by atoms with Crippen LogP contribution in [0.2, 0.25) is 0 Å². The van der Waals surface area contributed by atoms with Crippen LogP contribution in [-0.4, -0.2) is 67.2 Å². The van der Waals surface area contributed by atoms with Gasteiger partial charge in [-0.15, -0.1) is 0 Å². The number of hydrogen-bond donors (Lipinski definition) is 2. The number of hydrogen-bond acceptors (Lipinski definition) is 7. The van der Waals surface area contributed by atoms with E-state index in [4.69, 9.17) is 4.74 Å². The minimum atomic E-state index is -4.68. The molecule has 0 unspecified atom stereocenters. The molecule has 0 spiro atoms. The van der Waals surface area contributed by atoms with E-state index in [1.54, 1.807) is 11.8 Å². The lowest BCUT2D eigenvalue weighted by Gasteiger charge is -2.37. The number of nitrogens with zero attached hydrogens (tertiary/aromatic N) is 3. The molecule has 34 heavy (non-hydrogen) atoms. The molecular formula is C21H26F3N5O5. The van der Waals surface area contributed by atoms with Crippen molar-refractivity contribution in [2.75, 3.05) is 44.2 Å². The van der Waals surface area contributed by atoms with E-state index in [1.807, 2.05) is 11.8 Å². The summed E-state index contributed by atoms with van der Waals surface area (Å²) in [6.45, 7) is 5.42. The van der Waals surface area contributed by atoms with Gasteiger partial charge in [0.2, 0.25) is 0 Å². The largest absolute Gasteiger partial charge is 0.463 e. The van der Waals surface area contributed by atoms with Gasteiger partial charge in [-0.1, -0.05) is 6.92 Å². The van der Waals surface area contributed by atoms with Gasteiger partial charge in [0.15, 0.2) is 0 Å². The second-order valence-electron chi connectivity index (χ2n) is 7.89. The van der Waals surface area contributed by atoms with Gasteiger partial charge in [-0.2, -0.15) is 13.2 Å². The van der Waals surface area contributed by atoms with Crippen molar-refractivity contribution in [3.05, 3.63) is 45.1 Å². The molecule has 2 aliphatic rings. The smallest absolute Gasteiger partial charge is 0.416 e. The molecule has 1 saturated heterocycles. The normalized spacial score (nSPS) is 19.5. The number of benzene rings is 1. The zero-order valence-corrected chi connectivity index (χ0v) is 18.8. The summed E-state index contributed by atoms with van der Waals surface area (Å²) in [7, 11) is 0. The number of urea groups is 1. The zero-order chi connectivity index (χ0) is 25.0. The maximum Gasteiger partial charge on any atom is 0.416 e. The molecule has 1 atom stereocenters. The maximum absolute atomic E-state index is 13.0. The topological polar surface area (TPSA) is 117 Å². The summed E-state index contributed by atoms with van der Waals surface area (Å²) in [6, 6.07) is 1.60. The van der Waals surface area contributed by atoms with Gasteiger partial charge in [0.25, 0.3) is 5.69 Å². The number of esters is 1. The first-order valence-electron chi connectivity index (χ1n) is 10.9. The summed E-state index contributed by atoms with van der Waals surface area (Å²) in [5, 5.41) is 16.8. The highest BCUT2D eigenvalue weighted by molar-refractivity contribution is 5.94. The van der Waals surface area contributed by atoms with Gasteiger partial charge in [0, 0.05) is 44.5 Å². The first-order valence-corrected chi connectivity index (χ1v) is 10.9. The Morgan fingerprint density at radius 1 is 1.24 bits per heavy atom. The summed E-state index contributed by atoms with van der Waals surface area (Å²) in [5.74, 6) is -0.518. The number of anilines is 1. The number of nitro benzene ring substituents is 1. The zero-order valence-electron chi connectivity index (χ0n) is 18.8. The van der Waals surface area contributed by atoms with Crippen molar-refractivity contribution in [3.8, 4) is 0 Å². The van der Waals surface area contributed by atoms with Gasteiger partial charge < -0.3 is 20.3 Å². The van der Waals surface area contributed by atoms with Gasteiger partial charge in [-0.25, -0.2) is 9.59 Å². The number of rotatable bonds is 7. The number of alkyl halides is 3. The molecule has 2 heterocycles. The maximum atomic E-state index is 13.0. The summed E-state index contributed by atoms with van der Waals surface area (Å²) < 4.78 is 44.1. The van der Waals surface area contributed by atoms with Crippen molar-refractivity contribution >= 4 is 23.4 Å². The molecule has 2 aliphatic heterocycles. The monoisotopic (exact) mass is 485 g/mol. The van der Waals surface area contributed by atoms with E-state index in [2.05, 4.69) is 10.6 Å². The predicted molar refractivity (Wildman–Crippen MR) is 116 cm³/mol. The van der Waals surface area contributed by atoms with Crippen molar-refractivity contribution in [1.82, 2.24) is 15.5 Å². The van der Waals surface area contributed by atoms with Crippen molar-refractivity contribution in [2.45, 2.75) is 32.5 Å². The molecule has 3 rings (SSSR count). The first kappa shape index (κ1) is 25.3. The molecular weight excluding hydrogens is 459 g/mol. The van der Waals surface area contributed by atoms with E-state index in [9.17, 15) is 32.9 Å². The Labute approximate surface area is 193 Å². The summed E-state index contributed by atoms with van der Waals surface area (Å²) in [6.07, 6.45) is -4.18. The molecule has 0 aliphatic carbocycles. The number of carbonyl (C=O) groups excluding carboxylic acids is 2. The van der Waals surface area contributed by atoms with Gasteiger partial charge in [-0.3, -0.25) is 15.0 Å². The first-order chi connectivity index (χ1) is 16.0. The van der Waals surface area contributed by atoms with Crippen LogP contribution in [0.25, 0.3) is 0 Å². The average Bonchev–Trinajstić information content (AvgIpc) is 2.78. The standard InChI is InChI=1S/C21H26F3N5O5/c1-3-14-18(19(30)34-4-2)15(26-20(31)25-14)12-27-7-9-28(10-8-27)16-6-5-13(21(22,23)24)11-17(16)29(32)33/h5-6,11,14H,3-4,7-10,12H2,1-2H3,(H2,25,26,31)/t14-/m1/s1. The second kappa shape index (κ2) is 10.3. The Balaban J connectivity index is 1.76. The lowest BCUT2D eigenvalue weighted by atomic mass is 10.00. The SMILES string of the molecule is CCOC(=O)C1=C(CN2CCN(c3ccc(C(F)(F)F)cc3[N+](=O)[O-])CC2)NC(=O)N[C@@H]1CC. The Hall–Kier alpha value is -3.35. The predicted octanol–water partition coefficient (Wildman–Crippen LogP) is 2.64. The third kappa shape index (κ3) is 5.58. The fraction of sp³-hybridized carbons (Fsp3) is 0.524. The third-order valence-corrected chi connectivity index (χ3v) is 5.74. The van der Waals surface area contributed by atoms with Crippen LogP contribution >= 0.6 is 0 Å². The number of nitro groups is 1. The summed E-state index contributed by atoms with van der Waals surface area (Å²) >= 11 is 0. The van der Waals surface area contributed by atoms with E-state index in [0.717, 1.165) is 12.1 Å². The molecule has 1 fully saturated rings. The van der Waals surface area contributed by atoms with Gasteiger partial charge in [0.05, 0.1) is 28.7 Å². The molecule has 0 radical (unpaired) electrons. The van der Waals surface area contributed by atoms with Crippen molar-refractivity contribution < 1.29 is 32.4 Å². The Kier molecular flexibility index (Phi) is 7.64. The number of carbonyl (C=O) groups is 2. The van der Waals surface area contributed by atoms with Crippen molar-refractivity contribution in [2.24, 2.45) is 0 Å². The molecule has 2 amide bonds. The van der Waals surface area contributed by atoms with Gasteiger partial charge in [0.1, 0.15) is 5.69 Å². The highest BCUT2D eigenvalue weighted by Crippen LogP contribution is 2.36. The molecule has 0 bridgehead atoms. The fourth-order valence-corrected chi connectivity index (χ4v) is 4.07. The third-order valence-electron chi connectivity index (χ3n) is 5.74. The van der Waals surface area contributed by atoms with Crippen LogP contribution in [-0.2, 0) is 15.7 Å². The minimum absolute atomic E-state index is 0.116. The highest BCUT2D eigenvalue weighted by atomic mass is 19.4. The van der Waals surface area contributed by atoms with Crippen LogP contribution < -0.4 is 15.5 Å². The summed E-state index contributed by atoms with van der Waals surface area (Å²) in [4.78, 5) is 38.8. The summed E-state index contributed by atoms with van der Waals surface area (Å²) in [5.41, 5.74) is -0.780. The van der Waals surface area contributed by atoms with E-state index in [-0.39, 0.29) is 18.8 Å². The van der Waals surface area contributed by atoms with Crippen LogP contribution in [0.5, 0.6) is 0 Å². The quantitative estimate of drug-likeness (QED) is 0.346. The Morgan fingerprint density at radius 2 is 1.91 bits per heavy atom. The van der Waals surface area contributed by atoms with Crippen LogP contribution in [0.3, 0.4) is 0 Å². The van der Waals surface area contributed by atoms with Crippen LogP contribution in [0.1, 0.15) is 25.8 Å². The molecule has 0 saturated carbocycles. The van der Waals surface area contributed by atoms with Crippen LogP contribution in [0, 0.1) is 10.1 Å². The van der Waals surface area contributed by atoms with Crippen molar-refractivity contribution in [3.63, 3.8) is 0 Å². The minimum Gasteiger partial charge on any atom is -0.463 e. The van der Waals surface area contributed by atoms with Crippen LogP contribution in [0.15, 0.2) is 29.5 Å². The Bertz CT molecular complexity index is 990. The molecule has 186 valence electrons. The average molecular weight is 485 g/mol. The molecule has 1 aromatic rings. The van der Waals surface area contributed by atoms with E-state index in [1.165, 1.54) is 0 Å². The molecule has 13 heteroatoms. The molecule has 2 N–H and O–H groups in total. The number of halogens is 3. The lowest BCUT2D eigenvalue weighted by molar-refractivity contribution is -0.384. The molecule has 0 aromatic heterocycles. The van der Waals surface area contributed by atoms with Crippen molar-refractivity contribution in [1.29, 1.82) is 0 Å². The fourth-order valence-electron chi connectivity index (χ4n) is 4.07. The van der Waals surface area contributed by atoms with E-state index in [0.29, 0.717) is 49.9 Å². The highest BCUT2D eigenvalue weighted by Gasteiger charge is 2.35. The number of amides is 2. The van der Waals surface area contributed by atoms with Gasteiger partial charge in [-0.05, 0) is 25.5 Å². The molecule has 10 nitrogen and oxygen atoms in total. The van der Waals surface area contributed by atoms with Gasteiger partial charge >= 0.3 is 18.2 Å². The number of nitrogens with one attached hydrogen (secondary N) is 2. The van der Waals surface area contributed by atoms with Crippen LogP contribution in [0.4, 0.5) is 29.3 Å². The number of piperazine rings is 1. The Morgan fingerprint density at radius 3 is 2.47 bits per heavy atom.